The van der Waals surface area contributed by atoms with E-state index < -0.39 is 5.97 Å². The Labute approximate surface area is 165 Å². The summed E-state index contributed by atoms with van der Waals surface area (Å²) in [5.74, 6) is -0.396. The van der Waals surface area contributed by atoms with Crippen molar-refractivity contribution < 1.29 is 19.4 Å². The number of carbonyl (C=O) groups is 2. The number of aromatic carboxylic acids is 1. The maximum Gasteiger partial charge on any atom is 0.335 e. The van der Waals surface area contributed by atoms with Gasteiger partial charge in [-0.2, -0.15) is 0 Å². The van der Waals surface area contributed by atoms with E-state index in [1.54, 1.807) is 18.2 Å². The largest absolute Gasteiger partial charge is 0.493 e. The molecule has 0 bridgehead atoms. The maximum absolute atomic E-state index is 12.4. The topological polar surface area (TPSA) is 78.9 Å². The van der Waals surface area contributed by atoms with Gasteiger partial charge in [0.05, 0.1) is 18.7 Å². The van der Waals surface area contributed by atoms with Gasteiger partial charge >= 0.3 is 5.97 Å². The zero-order valence-corrected chi connectivity index (χ0v) is 15.9. The van der Waals surface area contributed by atoms with Crippen molar-refractivity contribution in [1.82, 2.24) is 10.2 Å². The van der Waals surface area contributed by atoms with E-state index in [4.69, 9.17) is 4.74 Å². The van der Waals surface area contributed by atoms with Crippen molar-refractivity contribution in [2.45, 2.75) is 32.4 Å². The molecule has 1 heterocycles. The molecule has 1 amide bonds. The molecule has 0 saturated heterocycles. The molecule has 148 valence electrons. The number of fused-ring (bicyclic) bond motifs is 1. The van der Waals surface area contributed by atoms with Crippen LogP contribution in [-0.2, 0) is 17.9 Å². The van der Waals surface area contributed by atoms with E-state index in [0.29, 0.717) is 32.0 Å². The Morgan fingerprint density at radius 3 is 2.68 bits per heavy atom. The molecule has 0 aliphatic carbocycles. The molecule has 2 aromatic rings. The summed E-state index contributed by atoms with van der Waals surface area (Å²) in [5, 5.41) is 12.3. The molecule has 0 atom stereocenters. The molecule has 0 aromatic heterocycles. The summed E-state index contributed by atoms with van der Waals surface area (Å²) in [6.45, 7) is 2.58. The Balaban J connectivity index is 1.87. The van der Waals surface area contributed by atoms with Crippen LogP contribution in [-0.4, -0.2) is 41.6 Å². The van der Waals surface area contributed by atoms with Gasteiger partial charge in [0.15, 0.2) is 0 Å². The van der Waals surface area contributed by atoms with Gasteiger partial charge in [0.1, 0.15) is 5.75 Å². The highest BCUT2D eigenvalue weighted by atomic mass is 16.5. The molecule has 6 nitrogen and oxygen atoms in total. The van der Waals surface area contributed by atoms with Gasteiger partial charge in [0, 0.05) is 25.2 Å². The fourth-order valence-corrected chi connectivity index (χ4v) is 3.28. The van der Waals surface area contributed by atoms with Crippen molar-refractivity contribution in [3.63, 3.8) is 0 Å². The lowest BCUT2D eigenvalue weighted by Crippen LogP contribution is -2.37. The molecule has 1 aliphatic rings. The van der Waals surface area contributed by atoms with Crippen molar-refractivity contribution >= 4 is 11.9 Å². The Bertz CT molecular complexity index is 807. The van der Waals surface area contributed by atoms with Gasteiger partial charge < -0.3 is 15.2 Å². The van der Waals surface area contributed by atoms with Crippen LogP contribution in [0.5, 0.6) is 5.75 Å². The number of hydrogen-bond acceptors (Lipinski definition) is 4. The Morgan fingerprint density at radius 1 is 1.07 bits per heavy atom. The van der Waals surface area contributed by atoms with E-state index >= 15 is 0 Å². The minimum Gasteiger partial charge on any atom is -0.493 e. The molecule has 0 radical (unpaired) electrons. The highest BCUT2D eigenvalue weighted by Crippen LogP contribution is 2.24. The first-order chi connectivity index (χ1) is 13.6. The first-order valence-corrected chi connectivity index (χ1v) is 9.64. The van der Waals surface area contributed by atoms with E-state index in [0.717, 1.165) is 30.4 Å². The summed E-state index contributed by atoms with van der Waals surface area (Å²) in [6.07, 6.45) is 2.71. The molecule has 2 aromatic carbocycles. The first kappa shape index (κ1) is 19.9. The third kappa shape index (κ3) is 5.82. The molecular formula is C22H26N2O4. The van der Waals surface area contributed by atoms with Crippen molar-refractivity contribution in [2.75, 3.05) is 19.7 Å². The van der Waals surface area contributed by atoms with Crippen LogP contribution in [0.1, 0.15) is 40.7 Å². The van der Waals surface area contributed by atoms with Gasteiger partial charge in [0.25, 0.3) is 0 Å². The quantitative estimate of drug-likeness (QED) is 0.853. The minimum absolute atomic E-state index is 0.000183. The van der Waals surface area contributed by atoms with Crippen molar-refractivity contribution in [1.29, 1.82) is 0 Å². The number of carboxylic acid groups (broad SMARTS) is 1. The van der Waals surface area contributed by atoms with E-state index in [1.807, 2.05) is 35.2 Å². The predicted octanol–water partition coefficient (Wildman–Crippen LogP) is 3.07. The zero-order chi connectivity index (χ0) is 19.8. The lowest BCUT2D eigenvalue weighted by atomic mass is 10.1. The number of carboxylic acids is 1. The van der Waals surface area contributed by atoms with Crippen LogP contribution < -0.4 is 10.1 Å². The lowest BCUT2D eigenvalue weighted by molar-refractivity contribution is -0.122. The zero-order valence-electron chi connectivity index (χ0n) is 15.9. The fraction of sp³-hybridized carbons (Fsp3) is 0.364. The summed E-state index contributed by atoms with van der Waals surface area (Å²) in [6, 6.07) is 14.9. The van der Waals surface area contributed by atoms with E-state index in [1.165, 1.54) is 0 Å². The number of nitrogens with one attached hydrogen (secondary N) is 1. The number of ether oxygens (including phenoxy) is 1. The molecule has 2 N–H and O–H groups in total. The average molecular weight is 382 g/mol. The van der Waals surface area contributed by atoms with Crippen LogP contribution in [0.15, 0.2) is 48.5 Å². The smallest absolute Gasteiger partial charge is 0.335 e. The molecule has 28 heavy (non-hydrogen) atoms. The monoisotopic (exact) mass is 382 g/mol. The summed E-state index contributed by atoms with van der Waals surface area (Å²) < 4.78 is 5.92. The molecule has 0 fully saturated rings. The highest BCUT2D eigenvalue weighted by molar-refractivity contribution is 5.88. The Kier molecular flexibility index (Phi) is 7.03. The summed E-state index contributed by atoms with van der Waals surface area (Å²) >= 11 is 0. The van der Waals surface area contributed by atoms with Crippen molar-refractivity contribution in [2.24, 2.45) is 0 Å². The number of rotatable bonds is 3. The van der Waals surface area contributed by atoms with Crippen LogP contribution in [0.25, 0.3) is 0 Å². The summed E-state index contributed by atoms with van der Waals surface area (Å²) in [4.78, 5) is 25.8. The fourth-order valence-electron chi connectivity index (χ4n) is 3.28. The van der Waals surface area contributed by atoms with Crippen molar-refractivity contribution in [3.8, 4) is 5.75 Å². The molecular weight excluding hydrogens is 356 g/mol. The standard InChI is InChI=1S/C22H26N2O4/c25-21-16-24(14-17-7-3-1-4-8-17)15-19-10-9-18(22(26)27)13-20(19)28-12-6-2-5-11-23-21/h1,3-4,7-10,13H,2,5-6,11-12,14-16H2,(H,23,25)(H,26,27). The van der Waals surface area contributed by atoms with Gasteiger partial charge in [0.2, 0.25) is 5.91 Å². The van der Waals surface area contributed by atoms with Gasteiger partial charge in [-0.1, -0.05) is 36.4 Å². The number of benzene rings is 2. The van der Waals surface area contributed by atoms with Crippen LogP contribution in [0.2, 0.25) is 0 Å². The number of carbonyl (C=O) groups excluding carboxylic acids is 1. The van der Waals surface area contributed by atoms with Gasteiger partial charge in [-0.3, -0.25) is 9.69 Å². The van der Waals surface area contributed by atoms with E-state index in [2.05, 4.69) is 5.32 Å². The van der Waals surface area contributed by atoms with Gasteiger partial charge in [-0.15, -0.1) is 0 Å². The van der Waals surface area contributed by atoms with Crippen LogP contribution in [0.4, 0.5) is 0 Å². The maximum atomic E-state index is 12.4. The molecule has 6 heteroatoms. The van der Waals surface area contributed by atoms with Crippen molar-refractivity contribution in [3.05, 3.63) is 65.2 Å². The normalized spacial score (nSPS) is 16.5. The second-order valence-corrected chi connectivity index (χ2v) is 7.02. The van der Waals surface area contributed by atoms with Gasteiger partial charge in [-0.25, -0.2) is 4.79 Å². The highest BCUT2D eigenvalue weighted by Gasteiger charge is 2.17. The first-order valence-electron chi connectivity index (χ1n) is 9.64. The van der Waals surface area contributed by atoms with Crippen LogP contribution >= 0.6 is 0 Å². The average Bonchev–Trinajstić information content (AvgIpc) is 2.69. The molecule has 0 saturated carbocycles. The number of amides is 1. The SMILES string of the molecule is O=C1CN(Cc2ccccc2)Cc2ccc(C(=O)O)cc2OCCCCCN1. The summed E-state index contributed by atoms with van der Waals surface area (Å²) in [7, 11) is 0. The molecule has 3 rings (SSSR count). The minimum atomic E-state index is -0.977. The number of nitrogens with zero attached hydrogens (tertiary/aromatic N) is 1. The number of hydrogen-bond donors (Lipinski definition) is 2. The molecule has 1 aliphatic heterocycles. The van der Waals surface area contributed by atoms with Gasteiger partial charge in [-0.05, 0) is 37.0 Å². The van der Waals surface area contributed by atoms with Crippen LogP contribution in [0, 0.1) is 0 Å². The van der Waals surface area contributed by atoms with Crippen LogP contribution in [0.3, 0.4) is 0 Å². The second kappa shape index (κ2) is 9.90. The Morgan fingerprint density at radius 2 is 1.89 bits per heavy atom. The second-order valence-electron chi connectivity index (χ2n) is 7.02. The Hall–Kier alpha value is -2.86. The van der Waals surface area contributed by atoms with E-state index in [-0.39, 0.29) is 18.0 Å². The third-order valence-corrected chi connectivity index (χ3v) is 4.73. The molecule has 0 spiro atoms. The predicted molar refractivity (Wildman–Crippen MR) is 106 cm³/mol. The molecule has 0 unspecified atom stereocenters. The summed E-state index contributed by atoms with van der Waals surface area (Å²) in [5.41, 5.74) is 2.20. The lowest BCUT2D eigenvalue weighted by Gasteiger charge is -2.23. The van der Waals surface area contributed by atoms with E-state index in [9.17, 15) is 14.7 Å². The third-order valence-electron chi connectivity index (χ3n) is 4.73.